The quantitative estimate of drug-likeness (QED) is 0.547. The molecule has 0 N–H and O–H groups in total. The zero-order chi connectivity index (χ0) is 19.9. The summed E-state index contributed by atoms with van der Waals surface area (Å²) in [5.74, 6) is 0.956. The molecule has 1 heterocycles. The smallest absolute Gasteiger partial charge is 0.306 e. The number of benzene rings is 2. The highest BCUT2D eigenvalue weighted by Crippen LogP contribution is 2.28. The Balaban J connectivity index is 1.50. The number of halogens is 1. The number of aryl methyl sites for hydroxylation is 1. The van der Waals surface area contributed by atoms with Gasteiger partial charge in [-0.15, -0.1) is 0 Å². The fraction of sp³-hybridized carbons (Fsp3) is 0.250. The van der Waals surface area contributed by atoms with E-state index in [1.54, 1.807) is 32.4 Å². The average molecular weight is 386 g/mol. The van der Waals surface area contributed by atoms with E-state index in [4.69, 9.17) is 18.7 Å². The van der Waals surface area contributed by atoms with Crippen LogP contribution in [0.3, 0.4) is 0 Å². The maximum atomic E-state index is 13.0. The van der Waals surface area contributed by atoms with Crippen LogP contribution >= 0.6 is 0 Å². The molecule has 2 aromatic carbocycles. The van der Waals surface area contributed by atoms with Crippen LogP contribution < -0.4 is 9.47 Å². The number of rotatable bonds is 8. The number of methoxy groups -OCH3 is 2. The van der Waals surface area contributed by atoms with Crippen molar-refractivity contribution in [1.82, 2.24) is 10.1 Å². The Morgan fingerprint density at radius 3 is 2.54 bits per heavy atom. The van der Waals surface area contributed by atoms with Gasteiger partial charge in [0.1, 0.15) is 5.82 Å². The molecular weight excluding hydrogens is 367 g/mol. The summed E-state index contributed by atoms with van der Waals surface area (Å²) in [6.07, 6.45) is 0.679. The molecule has 0 saturated carbocycles. The van der Waals surface area contributed by atoms with Crippen molar-refractivity contribution < 1.29 is 27.9 Å². The molecule has 0 spiro atoms. The van der Waals surface area contributed by atoms with Crippen molar-refractivity contribution in [3.63, 3.8) is 0 Å². The standard InChI is InChI=1S/C20H19FN2O5/c1-25-16-9-3-13(11-17(16)26-2)4-10-19(24)27-12-18-22-20(23-28-18)14-5-7-15(21)8-6-14/h3,5-9,11H,4,10,12H2,1-2H3. The molecule has 0 fully saturated rings. The van der Waals surface area contributed by atoms with Gasteiger partial charge >= 0.3 is 5.97 Å². The fourth-order valence-corrected chi connectivity index (χ4v) is 2.53. The molecule has 3 rings (SSSR count). The maximum Gasteiger partial charge on any atom is 0.306 e. The molecule has 0 aliphatic rings. The number of hydrogen-bond donors (Lipinski definition) is 0. The molecule has 28 heavy (non-hydrogen) atoms. The molecule has 7 nitrogen and oxygen atoms in total. The van der Waals surface area contributed by atoms with E-state index in [0.717, 1.165) is 5.56 Å². The third-order valence-corrected chi connectivity index (χ3v) is 3.99. The third-order valence-electron chi connectivity index (χ3n) is 3.99. The number of ether oxygens (including phenoxy) is 3. The predicted octanol–water partition coefficient (Wildman–Crippen LogP) is 3.57. The van der Waals surface area contributed by atoms with E-state index in [9.17, 15) is 9.18 Å². The summed E-state index contributed by atoms with van der Waals surface area (Å²) in [4.78, 5) is 16.1. The van der Waals surface area contributed by atoms with E-state index < -0.39 is 5.97 Å². The monoisotopic (exact) mass is 386 g/mol. The zero-order valence-electron chi connectivity index (χ0n) is 15.5. The van der Waals surface area contributed by atoms with E-state index in [1.807, 2.05) is 12.1 Å². The van der Waals surface area contributed by atoms with Gasteiger partial charge in [-0.3, -0.25) is 4.79 Å². The van der Waals surface area contributed by atoms with Gasteiger partial charge in [-0.1, -0.05) is 11.2 Å². The minimum absolute atomic E-state index is 0.126. The van der Waals surface area contributed by atoms with Gasteiger partial charge < -0.3 is 18.7 Å². The molecule has 0 bridgehead atoms. The third kappa shape index (κ3) is 4.85. The summed E-state index contributed by atoms with van der Waals surface area (Å²) in [7, 11) is 3.12. The Morgan fingerprint density at radius 2 is 1.82 bits per heavy atom. The van der Waals surface area contributed by atoms with E-state index in [1.165, 1.54) is 12.1 Å². The fourth-order valence-electron chi connectivity index (χ4n) is 2.53. The van der Waals surface area contributed by atoms with E-state index in [0.29, 0.717) is 29.3 Å². The van der Waals surface area contributed by atoms with Crippen molar-refractivity contribution in [3.8, 4) is 22.9 Å². The van der Waals surface area contributed by atoms with Crippen molar-refractivity contribution in [2.75, 3.05) is 14.2 Å². The first-order chi connectivity index (χ1) is 13.6. The van der Waals surface area contributed by atoms with Crippen molar-refractivity contribution in [3.05, 3.63) is 59.7 Å². The summed E-state index contributed by atoms with van der Waals surface area (Å²) in [5.41, 5.74) is 1.53. The van der Waals surface area contributed by atoms with Gasteiger partial charge in [0.15, 0.2) is 18.1 Å². The molecule has 0 amide bonds. The lowest BCUT2D eigenvalue weighted by atomic mass is 10.1. The van der Waals surface area contributed by atoms with Crippen LogP contribution in [0.5, 0.6) is 11.5 Å². The van der Waals surface area contributed by atoms with Crippen LogP contribution in [0.2, 0.25) is 0 Å². The van der Waals surface area contributed by atoms with Gasteiger partial charge in [-0.05, 0) is 48.4 Å². The maximum absolute atomic E-state index is 13.0. The normalized spacial score (nSPS) is 10.5. The van der Waals surface area contributed by atoms with Crippen LogP contribution in [0, 0.1) is 5.82 Å². The Kier molecular flexibility index (Phi) is 6.21. The summed E-state index contributed by atoms with van der Waals surface area (Å²) in [6.45, 7) is -0.126. The SMILES string of the molecule is COc1ccc(CCC(=O)OCc2nc(-c3ccc(F)cc3)no2)cc1OC. The Labute approximate surface area is 161 Å². The summed E-state index contributed by atoms with van der Waals surface area (Å²) in [5, 5.41) is 3.80. The minimum atomic E-state index is -0.392. The average Bonchev–Trinajstić information content (AvgIpc) is 3.20. The predicted molar refractivity (Wildman–Crippen MR) is 97.4 cm³/mol. The van der Waals surface area contributed by atoms with E-state index >= 15 is 0 Å². The second-order valence-electron chi connectivity index (χ2n) is 5.87. The molecule has 0 aliphatic heterocycles. The number of nitrogens with zero attached hydrogens (tertiary/aromatic N) is 2. The van der Waals surface area contributed by atoms with Crippen molar-refractivity contribution in [2.24, 2.45) is 0 Å². The molecule has 146 valence electrons. The lowest BCUT2D eigenvalue weighted by molar-refractivity contribution is -0.145. The molecular formula is C20H19FN2O5. The van der Waals surface area contributed by atoms with Crippen LogP contribution in [0.25, 0.3) is 11.4 Å². The van der Waals surface area contributed by atoms with Crippen LogP contribution in [-0.2, 0) is 22.6 Å². The molecule has 0 unspecified atom stereocenters. The first kappa shape index (κ1) is 19.3. The number of carbonyl (C=O) groups excluding carboxylic acids is 1. The lowest BCUT2D eigenvalue weighted by Gasteiger charge is -2.09. The van der Waals surface area contributed by atoms with Gasteiger partial charge in [0.2, 0.25) is 5.82 Å². The largest absolute Gasteiger partial charge is 0.493 e. The van der Waals surface area contributed by atoms with Crippen molar-refractivity contribution in [1.29, 1.82) is 0 Å². The van der Waals surface area contributed by atoms with E-state index in [-0.39, 0.29) is 24.7 Å². The van der Waals surface area contributed by atoms with Crippen molar-refractivity contribution in [2.45, 2.75) is 19.4 Å². The molecule has 0 atom stereocenters. The van der Waals surface area contributed by atoms with Crippen LogP contribution in [-0.4, -0.2) is 30.3 Å². The Morgan fingerprint density at radius 1 is 1.07 bits per heavy atom. The van der Waals surface area contributed by atoms with Crippen LogP contribution in [0.4, 0.5) is 4.39 Å². The molecule has 3 aromatic rings. The summed E-state index contributed by atoms with van der Waals surface area (Å²) < 4.78 is 33.6. The zero-order valence-corrected chi connectivity index (χ0v) is 15.5. The summed E-state index contributed by atoms with van der Waals surface area (Å²) in [6, 6.07) is 11.2. The Bertz CT molecular complexity index is 940. The van der Waals surface area contributed by atoms with Crippen LogP contribution in [0.15, 0.2) is 47.0 Å². The number of carbonyl (C=O) groups is 1. The first-order valence-corrected chi connectivity index (χ1v) is 8.54. The number of esters is 1. The molecule has 1 aromatic heterocycles. The molecule has 8 heteroatoms. The highest BCUT2D eigenvalue weighted by molar-refractivity contribution is 5.69. The molecule has 0 aliphatic carbocycles. The van der Waals surface area contributed by atoms with Gasteiger partial charge in [0.05, 0.1) is 14.2 Å². The number of hydrogen-bond acceptors (Lipinski definition) is 7. The van der Waals surface area contributed by atoms with Crippen molar-refractivity contribution >= 4 is 5.97 Å². The summed E-state index contributed by atoms with van der Waals surface area (Å²) >= 11 is 0. The van der Waals surface area contributed by atoms with Gasteiger partial charge in [0.25, 0.3) is 5.89 Å². The van der Waals surface area contributed by atoms with E-state index in [2.05, 4.69) is 10.1 Å². The number of aromatic nitrogens is 2. The van der Waals surface area contributed by atoms with Gasteiger partial charge in [-0.2, -0.15) is 4.98 Å². The Hall–Kier alpha value is -3.42. The molecule has 0 radical (unpaired) electrons. The topological polar surface area (TPSA) is 83.7 Å². The second kappa shape index (κ2) is 8.98. The minimum Gasteiger partial charge on any atom is -0.493 e. The molecule has 0 saturated heterocycles. The van der Waals surface area contributed by atoms with Gasteiger partial charge in [-0.25, -0.2) is 4.39 Å². The van der Waals surface area contributed by atoms with Crippen LogP contribution in [0.1, 0.15) is 17.9 Å². The highest BCUT2D eigenvalue weighted by atomic mass is 19.1. The lowest BCUT2D eigenvalue weighted by Crippen LogP contribution is -2.06. The van der Waals surface area contributed by atoms with Gasteiger partial charge in [0, 0.05) is 12.0 Å². The first-order valence-electron chi connectivity index (χ1n) is 8.54. The highest BCUT2D eigenvalue weighted by Gasteiger charge is 2.12. The second-order valence-corrected chi connectivity index (χ2v) is 5.87.